The van der Waals surface area contributed by atoms with Crippen LogP contribution in [0, 0.1) is 6.92 Å². The van der Waals surface area contributed by atoms with E-state index in [1.807, 2.05) is 38.2 Å². The summed E-state index contributed by atoms with van der Waals surface area (Å²) >= 11 is 0. The van der Waals surface area contributed by atoms with Crippen molar-refractivity contribution < 1.29 is 4.79 Å². The van der Waals surface area contributed by atoms with E-state index >= 15 is 0 Å². The predicted molar refractivity (Wildman–Crippen MR) is 73.7 cm³/mol. The largest absolute Gasteiger partial charge is 0.325 e. The van der Waals surface area contributed by atoms with Crippen LogP contribution in [0.3, 0.4) is 0 Å². The fraction of sp³-hybridized carbons (Fsp3) is 0.308. The lowest BCUT2D eigenvalue weighted by Crippen LogP contribution is -2.19. The van der Waals surface area contributed by atoms with Gasteiger partial charge in [-0.3, -0.25) is 9.89 Å². The minimum absolute atomic E-state index is 0.0333. The molecular weight excluding hydrogens is 242 g/mol. The van der Waals surface area contributed by atoms with Gasteiger partial charge in [-0.05, 0) is 26.1 Å². The molecule has 1 aromatic heterocycles. The van der Waals surface area contributed by atoms with Crippen molar-refractivity contribution in [1.29, 1.82) is 0 Å². The molecule has 1 heterocycles. The van der Waals surface area contributed by atoms with Crippen LogP contribution >= 0.6 is 0 Å². The normalized spacial score (nSPS) is 10.4. The Morgan fingerprint density at radius 2 is 2.16 bits per heavy atom. The van der Waals surface area contributed by atoms with Gasteiger partial charge in [-0.25, -0.2) is 4.98 Å². The maximum Gasteiger partial charge on any atom is 0.225 e. The second-order valence-electron chi connectivity index (χ2n) is 4.19. The van der Waals surface area contributed by atoms with Crippen LogP contribution in [0.2, 0.25) is 0 Å². The number of aromatic nitrogens is 3. The average molecular weight is 259 g/mol. The molecule has 0 spiro atoms. The molecule has 0 saturated carbocycles. The Bertz CT molecular complexity index is 564. The first-order valence-electron chi connectivity index (χ1n) is 6.13. The summed E-state index contributed by atoms with van der Waals surface area (Å²) in [6.45, 7) is 2.48. The molecule has 0 bridgehead atoms. The van der Waals surface area contributed by atoms with E-state index in [9.17, 15) is 4.79 Å². The Hall–Kier alpha value is -2.21. The number of aromatic amines is 1. The van der Waals surface area contributed by atoms with Crippen LogP contribution < -0.4 is 10.6 Å². The molecule has 19 heavy (non-hydrogen) atoms. The first kappa shape index (κ1) is 13.2. The van der Waals surface area contributed by atoms with Gasteiger partial charge in [0.2, 0.25) is 5.91 Å². The van der Waals surface area contributed by atoms with E-state index in [2.05, 4.69) is 25.8 Å². The van der Waals surface area contributed by atoms with Crippen molar-refractivity contribution in [2.45, 2.75) is 13.3 Å². The molecule has 2 aromatic rings. The zero-order valence-electron chi connectivity index (χ0n) is 11.0. The quantitative estimate of drug-likeness (QED) is 0.756. The van der Waals surface area contributed by atoms with Crippen molar-refractivity contribution in [2.24, 2.45) is 0 Å². The van der Waals surface area contributed by atoms with Gasteiger partial charge in [0.25, 0.3) is 0 Å². The molecule has 6 heteroatoms. The molecule has 3 N–H and O–H groups in total. The van der Waals surface area contributed by atoms with Crippen molar-refractivity contribution in [3.05, 3.63) is 30.1 Å². The molecule has 1 aromatic carbocycles. The van der Waals surface area contributed by atoms with Crippen molar-refractivity contribution in [3.8, 4) is 11.4 Å². The summed E-state index contributed by atoms with van der Waals surface area (Å²) < 4.78 is 0. The number of para-hydroxylation sites is 1. The molecule has 2 rings (SSSR count). The number of benzene rings is 1. The molecule has 0 saturated heterocycles. The lowest BCUT2D eigenvalue weighted by molar-refractivity contribution is -0.116. The molecular formula is C13H17N5O. The maximum atomic E-state index is 11.8. The lowest BCUT2D eigenvalue weighted by atomic mass is 10.1. The molecule has 6 nitrogen and oxygen atoms in total. The van der Waals surface area contributed by atoms with E-state index in [0.29, 0.717) is 18.8 Å². The van der Waals surface area contributed by atoms with Crippen LogP contribution in [0.1, 0.15) is 12.2 Å². The topological polar surface area (TPSA) is 82.7 Å². The molecule has 0 aliphatic rings. The van der Waals surface area contributed by atoms with E-state index in [0.717, 1.165) is 17.1 Å². The highest BCUT2D eigenvalue weighted by molar-refractivity contribution is 5.94. The smallest absolute Gasteiger partial charge is 0.225 e. The number of anilines is 1. The Morgan fingerprint density at radius 1 is 1.37 bits per heavy atom. The van der Waals surface area contributed by atoms with Crippen LogP contribution in [0.4, 0.5) is 5.69 Å². The third kappa shape index (κ3) is 3.38. The van der Waals surface area contributed by atoms with E-state index in [1.165, 1.54) is 0 Å². The Balaban J connectivity index is 2.19. The fourth-order valence-electron chi connectivity index (χ4n) is 1.70. The van der Waals surface area contributed by atoms with E-state index in [-0.39, 0.29) is 5.91 Å². The van der Waals surface area contributed by atoms with Crippen LogP contribution in [0.5, 0.6) is 0 Å². The fourth-order valence-corrected chi connectivity index (χ4v) is 1.70. The van der Waals surface area contributed by atoms with Gasteiger partial charge >= 0.3 is 0 Å². The van der Waals surface area contributed by atoms with Crippen molar-refractivity contribution in [1.82, 2.24) is 20.5 Å². The Labute approximate surface area is 111 Å². The number of carbonyl (C=O) groups excluding carboxylic acids is 1. The summed E-state index contributed by atoms with van der Waals surface area (Å²) in [4.78, 5) is 16.0. The van der Waals surface area contributed by atoms with Gasteiger partial charge in [-0.1, -0.05) is 12.1 Å². The second-order valence-corrected chi connectivity index (χ2v) is 4.19. The highest BCUT2D eigenvalue weighted by Gasteiger charge is 2.11. The third-order valence-corrected chi connectivity index (χ3v) is 2.64. The van der Waals surface area contributed by atoms with Gasteiger partial charge < -0.3 is 10.6 Å². The standard InChI is InChI=1S/C13H17N5O/c1-9-15-13(18-17-9)10-5-3-4-6-11(10)16-12(19)7-8-14-2/h3-6,14H,7-8H2,1-2H3,(H,16,19)(H,15,17,18). The highest BCUT2D eigenvalue weighted by atomic mass is 16.1. The zero-order valence-corrected chi connectivity index (χ0v) is 11.0. The van der Waals surface area contributed by atoms with E-state index < -0.39 is 0 Å². The van der Waals surface area contributed by atoms with Crippen LogP contribution in [0.15, 0.2) is 24.3 Å². The highest BCUT2D eigenvalue weighted by Crippen LogP contribution is 2.24. The Kier molecular flexibility index (Phi) is 4.25. The molecule has 0 unspecified atom stereocenters. The van der Waals surface area contributed by atoms with Crippen LogP contribution in [0.25, 0.3) is 11.4 Å². The van der Waals surface area contributed by atoms with Crippen molar-refractivity contribution >= 4 is 11.6 Å². The molecule has 0 aliphatic carbocycles. The molecule has 1 amide bonds. The lowest BCUT2D eigenvalue weighted by Gasteiger charge is -2.08. The summed E-state index contributed by atoms with van der Waals surface area (Å²) in [5.74, 6) is 1.29. The first-order valence-corrected chi connectivity index (χ1v) is 6.13. The summed E-state index contributed by atoms with van der Waals surface area (Å²) in [7, 11) is 1.82. The number of nitrogens with one attached hydrogen (secondary N) is 3. The van der Waals surface area contributed by atoms with Gasteiger partial charge in [0, 0.05) is 18.5 Å². The number of hydrogen-bond acceptors (Lipinski definition) is 4. The summed E-state index contributed by atoms with van der Waals surface area (Å²) in [5, 5.41) is 12.7. The van der Waals surface area contributed by atoms with Gasteiger partial charge in [0.1, 0.15) is 5.82 Å². The molecule has 100 valence electrons. The van der Waals surface area contributed by atoms with Gasteiger partial charge in [0.05, 0.1) is 5.69 Å². The summed E-state index contributed by atoms with van der Waals surface area (Å²) in [6.07, 6.45) is 0.428. The van der Waals surface area contributed by atoms with Crippen LogP contribution in [-0.2, 0) is 4.79 Å². The number of H-pyrrole nitrogens is 1. The second kappa shape index (κ2) is 6.10. The number of hydrogen-bond donors (Lipinski definition) is 3. The minimum atomic E-state index is -0.0333. The number of rotatable bonds is 5. The number of nitrogens with zero attached hydrogens (tertiary/aromatic N) is 2. The first-order chi connectivity index (χ1) is 9.20. The van der Waals surface area contributed by atoms with Gasteiger partial charge in [-0.15, -0.1) is 0 Å². The summed E-state index contributed by atoms with van der Waals surface area (Å²) in [5.41, 5.74) is 1.53. The molecule has 0 atom stereocenters. The molecule has 0 radical (unpaired) electrons. The average Bonchev–Trinajstić information content (AvgIpc) is 2.83. The molecule has 0 fully saturated rings. The maximum absolute atomic E-state index is 11.8. The van der Waals surface area contributed by atoms with Gasteiger partial charge in [0.15, 0.2) is 5.82 Å². The number of aryl methyl sites for hydroxylation is 1. The number of amides is 1. The third-order valence-electron chi connectivity index (χ3n) is 2.64. The number of carbonyl (C=O) groups is 1. The Morgan fingerprint density at radius 3 is 2.84 bits per heavy atom. The zero-order chi connectivity index (χ0) is 13.7. The van der Waals surface area contributed by atoms with Crippen molar-refractivity contribution in [3.63, 3.8) is 0 Å². The molecule has 0 aliphatic heterocycles. The SMILES string of the molecule is CNCCC(=O)Nc1ccccc1-c1n[nH]c(C)n1. The predicted octanol–water partition coefficient (Wildman–Crippen LogP) is 1.33. The van der Waals surface area contributed by atoms with Crippen LogP contribution in [-0.4, -0.2) is 34.7 Å². The summed E-state index contributed by atoms with van der Waals surface area (Å²) in [6, 6.07) is 7.50. The van der Waals surface area contributed by atoms with E-state index in [1.54, 1.807) is 0 Å². The van der Waals surface area contributed by atoms with Gasteiger partial charge in [-0.2, -0.15) is 5.10 Å². The van der Waals surface area contributed by atoms with Crippen molar-refractivity contribution in [2.75, 3.05) is 18.9 Å². The van der Waals surface area contributed by atoms with E-state index in [4.69, 9.17) is 0 Å². The minimum Gasteiger partial charge on any atom is -0.325 e. The monoisotopic (exact) mass is 259 g/mol.